The Hall–Kier alpha value is -2.11. The third-order valence-corrected chi connectivity index (χ3v) is 6.01. The lowest BCUT2D eigenvalue weighted by Crippen LogP contribution is -2.45. The largest absolute Gasteiger partial charge is 0.356 e. The molecule has 1 aromatic carbocycles. The summed E-state index contributed by atoms with van der Waals surface area (Å²) in [5, 5.41) is 7.79. The fourth-order valence-corrected chi connectivity index (χ4v) is 4.44. The molecule has 5 nitrogen and oxygen atoms in total. The minimum Gasteiger partial charge on any atom is -0.356 e. The minimum absolute atomic E-state index is 0.368. The van der Waals surface area contributed by atoms with Crippen LogP contribution in [0, 0.1) is 12.8 Å². The molecule has 2 unspecified atom stereocenters. The Labute approximate surface area is 179 Å². The number of aromatic nitrogens is 1. The molecular weight excluding hydrogens is 382 g/mol. The third-order valence-electron chi connectivity index (χ3n) is 5.78. The maximum absolute atomic E-state index is 6.26. The molecule has 3 rings (SSSR count). The fraction of sp³-hybridized carbons (Fsp3) is 0.478. The van der Waals surface area contributed by atoms with E-state index < -0.39 is 0 Å². The summed E-state index contributed by atoms with van der Waals surface area (Å²) in [6.45, 7) is 4.94. The van der Waals surface area contributed by atoms with Gasteiger partial charge in [-0.1, -0.05) is 23.7 Å². The van der Waals surface area contributed by atoms with Gasteiger partial charge in [0.15, 0.2) is 5.96 Å². The number of aliphatic imine (C=N–C) groups is 1. The van der Waals surface area contributed by atoms with Gasteiger partial charge in [0.2, 0.25) is 0 Å². The summed E-state index contributed by atoms with van der Waals surface area (Å²) in [7, 11) is 4.04. The monoisotopic (exact) mass is 413 g/mol. The molecule has 1 aliphatic heterocycles. The Morgan fingerprint density at radius 3 is 2.93 bits per heavy atom. The van der Waals surface area contributed by atoms with Crippen LogP contribution in [-0.2, 0) is 6.42 Å². The molecule has 1 aliphatic rings. The van der Waals surface area contributed by atoms with Crippen molar-refractivity contribution < 1.29 is 0 Å². The van der Waals surface area contributed by atoms with Gasteiger partial charge in [-0.05, 0) is 80.6 Å². The van der Waals surface area contributed by atoms with Crippen molar-refractivity contribution >= 4 is 17.6 Å². The van der Waals surface area contributed by atoms with Gasteiger partial charge in [-0.25, -0.2) is 0 Å². The van der Waals surface area contributed by atoms with E-state index in [9.17, 15) is 0 Å². The summed E-state index contributed by atoms with van der Waals surface area (Å²) in [6, 6.07) is 10.7. The van der Waals surface area contributed by atoms with Gasteiger partial charge in [0.05, 0.1) is 0 Å². The van der Waals surface area contributed by atoms with E-state index in [0.717, 1.165) is 37.0 Å². The maximum Gasteiger partial charge on any atom is 0.190 e. The second-order valence-electron chi connectivity index (χ2n) is 7.81. The second kappa shape index (κ2) is 10.6. The van der Waals surface area contributed by atoms with Gasteiger partial charge in [0.25, 0.3) is 0 Å². The number of guanidine groups is 1. The van der Waals surface area contributed by atoms with E-state index in [1.54, 1.807) is 0 Å². The predicted molar refractivity (Wildman–Crippen MR) is 122 cm³/mol. The lowest BCUT2D eigenvalue weighted by atomic mass is 9.85. The minimum atomic E-state index is 0.368. The average molecular weight is 414 g/mol. The van der Waals surface area contributed by atoms with Gasteiger partial charge in [0.1, 0.15) is 0 Å². The zero-order valence-electron chi connectivity index (χ0n) is 17.7. The molecule has 156 valence electrons. The van der Waals surface area contributed by atoms with Gasteiger partial charge in [-0.15, -0.1) is 0 Å². The summed E-state index contributed by atoms with van der Waals surface area (Å²) in [6.07, 6.45) is 7.13. The first-order valence-electron chi connectivity index (χ1n) is 10.4. The molecule has 6 heteroatoms. The van der Waals surface area contributed by atoms with Crippen LogP contribution in [0.5, 0.6) is 0 Å². The Morgan fingerprint density at radius 2 is 2.17 bits per heavy atom. The molecule has 0 saturated carbocycles. The molecule has 29 heavy (non-hydrogen) atoms. The van der Waals surface area contributed by atoms with Crippen molar-refractivity contribution in [3.05, 3.63) is 64.4 Å². The van der Waals surface area contributed by atoms with E-state index >= 15 is 0 Å². The van der Waals surface area contributed by atoms with E-state index in [2.05, 4.69) is 57.7 Å². The maximum atomic E-state index is 6.26. The Bertz CT molecular complexity index is 822. The Balaban J connectivity index is 1.56. The van der Waals surface area contributed by atoms with Crippen LogP contribution < -0.4 is 10.6 Å². The first-order valence-corrected chi connectivity index (χ1v) is 10.8. The summed E-state index contributed by atoms with van der Waals surface area (Å²) in [4.78, 5) is 11.0. The van der Waals surface area contributed by atoms with Crippen molar-refractivity contribution in [2.75, 3.05) is 33.7 Å². The highest BCUT2D eigenvalue weighted by molar-refractivity contribution is 6.30. The summed E-state index contributed by atoms with van der Waals surface area (Å²) in [5.41, 5.74) is 3.84. The number of pyridine rings is 1. The SMILES string of the molecule is CN=C(NCCc1ccncc1C)NCC1CCCN(C)C1c1cccc(Cl)c1. The molecule has 1 aromatic heterocycles. The van der Waals surface area contributed by atoms with Crippen molar-refractivity contribution in [1.29, 1.82) is 0 Å². The molecule has 0 bridgehead atoms. The molecule has 2 atom stereocenters. The number of hydrogen-bond acceptors (Lipinski definition) is 3. The van der Waals surface area contributed by atoms with Crippen LogP contribution in [0.1, 0.15) is 35.6 Å². The smallest absolute Gasteiger partial charge is 0.190 e. The average Bonchev–Trinajstić information content (AvgIpc) is 2.72. The van der Waals surface area contributed by atoms with E-state index in [-0.39, 0.29) is 0 Å². The first kappa shape index (κ1) is 21.6. The van der Waals surface area contributed by atoms with Crippen molar-refractivity contribution in [3.63, 3.8) is 0 Å². The van der Waals surface area contributed by atoms with Gasteiger partial charge in [-0.2, -0.15) is 0 Å². The number of nitrogens with one attached hydrogen (secondary N) is 2. The molecule has 0 aliphatic carbocycles. The number of benzene rings is 1. The predicted octanol–water partition coefficient (Wildman–Crippen LogP) is 3.83. The molecule has 2 aromatic rings. The molecule has 0 amide bonds. The summed E-state index contributed by atoms with van der Waals surface area (Å²) >= 11 is 6.26. The Morgan fingerprint density at radius 1 is 1.31 bits per heavy atom. The third kappa shape index (κ3) is 5.94. The second-order valence-corrected chi connectivity index (χ2v) is 8.25. The van der Waals surface area contributed by atoms with Crippen molar-refractivity contribution in [2.45, 2.75) is 32.2 Å². The number of hydrogen-bond donors (Lipinski definition) is 2. The van der Waals surface area contributed by atoms with Crippen molar-refractivity contribution in [3.8, 4) is 0 Å². The topological polar surface area (TPSA) is 52.6 Å². The fourth-order valence-electron chi connectivity index (χ4n) is 4.24. The standard InChI is InChI=1S/C23H32ClN5/c1-17-15-26-11-9-18(17)10-12-27-23(25-2)28-16-20-7-5-13-29(3)22(20)19-6-4-8-21(24)14-19/h4,6,8-9,11,14-15,20,22H,5,7,10,12-13,16H2,1-3H3,(H2,25,27,28). The van der Waals surface area contributed by atoms with Crippen LogP contribution in [0.2, 0.25) is 5.02 Å². The number of piperidine rings is 1. The normalized spacial score (nSPS) is 20.5. The van der Waals surface area contributed by atoms with Crippen LogP contribution in [-0.4, -0.2) is 49.6 Å². The molecular formula is C23H32ClN5. The van der Waals surface area contributed by atoms with Gasteiger partial charge < -0.3 is 10.6 Å². The van der Waals surface area contributed by atoms with Crippen LogP contribution in [0.25, 0.3) is 0 Å². The van der Waals surface area contributed by atoms with E-state index in [4.69, 9.17) is 11.6 Å². The van der Waals surface area contributed by atoms with Gasteiger partial charge in [0, 0.05) is 43.6 Å². The summed E-state index contributed by atoms with van der Waals surface area (Å²) in [5.74, 6) is 1.36. The number of rotatable bonds is 6. The highest BCUT2D eigenvalue weighted by atomic mass is 35.5. The van der Waals surface area contributed by atoms with E-state index in [1.165, 1.54) is 29.5 Å². The lowest BCUT2D eigenvalue weighted by molar-refractivity contribution is 0.122. The van der Waals surface area contributed by atoms with Crippen LogP contribution in [0.4, 0.5) is 0 Å². The summed E-state index contributed by atoms with van der Waals surface area (Å²) < 4.78 is 0. The zero-order valence-corrected chi connectivity index (χ0v) is 18.4. The number of aryl methyl sites for hydroxylation is 1. The van der Waals surface area contributed by atoms with E-state index in [0.29, 0.717) is 12.0 Å². The van der Waals surface area contributed by atoms with Crippen LogP contribution in [0.3, 0.4) is 0 Å². The lowest BCUT2D eigenvalue weighted by Gasteiger charge is -2.40. The molecule has 2 N–H and O–H groups in total. The van der Waals surface area contributed by atoms with Crippen LogP contribution >= 0.6 is 11.6 Å². The molecule has 0 radical (unpaired) electrons. The van der Waals surface area contributed by atoms with Crippen LogP contribution in [0.15, 0.2) is 47.7 Å². The number of halogens is 1. The number of nitrogens with zero attached hydrogens (tertiary/aromatic N) is 3. The molecule has 2 heterocycles. The van der Waals surface area contributed by atoms with Gasteiger partial charge >= 0.3 is 0 Å². The quantitative estimate of drug-likeness (QED) is 0.558. The van der Waals surface area contributed by atoms with Gasteiger partial charge in [-0.3, -0.25) is 14.9 Å². The first-order chi connectivity index (χ1) is 14.1. The number of likely N-dealkylation sites (tertiary alicyclic amines) is 1. The highest BCUT2D eigenvalue weighted by Crippen LogP contribution is 2.35. The van der Waals surface area contributed by atoms with E-state index in [1.807, 2.05) is 31.6 Å². The highest BCUT2D eigenvalue weighted by Gasteiger charge is 2.30. The van der Waals surface area contributed by atoms with Crippen molar-refractivity contribution in [2.24, 2.45) is 10.9 Å². The van der Waals surface area contributed by atoms with Crippen molar-refractivity contribution in [1.82, 2.24) is 20.5 Å². The molecule has 0 spiro atoms. The zero-order chi connectivity index (χ0) is 20.6. The molecule has 1 fully saturated rings. The Kier molecular flexibility index (Phi) is 7.90. The molecule has 1 saturated heterocycles.